The van der Waals surface area contributed by atoms with Crippen LogP contribution in [0.1, 0.15) is 49.9 Å². The molecule has 42 heavy (non-hydrogen) atoms. The molecule has 0 aliphatic heterocycles. The van der Waals surface area contributed by atoms with Gasteiger partial charge in [-0.25, -0.2) is 0 Å². The molecular weight excluding hydrogens is 522 g/mol. The molecule has 0 atom stereocenters. The summed E-state index contributed by atoms with van der Waals surface area (Å²) in [5.74, 6) is -0.0655. The summed E-state index contributed by atoms with van der Waals surface area (Å²) in [4.78, 5) is 12.0. The van der Waals surface area contributed by atoms with Crippen molar-refractivity contribution in [1.29, 1.82) is 0 Å². The maximum Gasteiger partial charge on any atom is 0.277 e. The minimum absolute atomic E-state index is 0.0363. The Bertz CT molecular complexity index is 1750. The summed E-state index contributed by atoms with van der Waals surface area (Å²) in [6.45, 7) is 8.22. The number of phenols is 1. The predicted octanol–water partition coefficient (Wildman–Crippen LogP) is 10.0. The average Bonchev–Trinajstić information content (AvgIpc) is 3.01. The van der Waals surface area contributed by atoms with Crippen molar-refractivity contribution in [3.8, 4) is 16.9 Å². The van der Waals surface area contributed by atoms with Crippen LogP contribution in [0.25, 0.3) is 11.1 Å². The Balaban J connectivity index is 1.94. The second-order valence-corrected chi connectivity index (χ2v) is 11.3. The van der Waals surface area contributed by atoms with E-state index in [-0.39, 0.29) is 16.4 Å². The van der Waals surface area contributed by atoms with Crippen LogP contribution in [0.15, 0.2) is 132 Å². The second-order valence-electron chi connectivity index (χ2n) is 11.3. The molecule has 0 aliphatic rings. The lowest BCUT2D eigenvalue weighted by molar-refractivity contribution is -0.384. The van der Waals surface area contributed by atoms with Gasteiger partial charge in [-0.15, -0.1) is 5.11 Å². The molecule has 0 radical (unpaired) electrons. The van der Waals surface area contributed by atoms with Crippen molar-refractivity contribution in [1.82, 2.24) is 0 Å². The van der Waals surface area contributed by atoms with Crippen LogP contribution in [0.2, 0.25) is 0 Å². The van der Waals surface area contributed by atoms with Crippen LogP contribution in [0.3, 0.4) is 0 Å². The molecule has 5 aromatic carbocycles. The van der Waals surface area contributed by atoms with E-state index in [1.54, 1.807) is 18.2 Å². The summed E-state index contributed by atoms with van der Waals surface area (Å²) in [6.07, 6.45) is 0. The van der Waals surface area contributed by atoms with Gasteiger partial charge in [-0.3, -0.25) is 10.1 Å². The lowest BCUT2D eigenvalue weighted by Crippen LogP contribution is -2.25. The molecule has 0 saturated carbocycles. The van der Waals surface area contributed by atoms with Crippen molar-refractivity contribution < 1.29 is 10.0 Å². The number of benzene rings is 5. The van der Waals surface area contributed by atoms with E-state index in [4.69, 9.17) is 0 Å². The lowest BCUT2D eigenvalue weighted by Gasteiger charge is -2.35. The van der Waals surface area contributed by atoms with Crippen LogP contribution < -0.4 is 0 Å². The molecule has 0 amide bonds. The van der Waals surface area contributed by atoms with Gasteiger partial charge in [0.15, 0.2) is 0 Å². The summed E-state index contributed by atoms with van der Waals surface area (Å²) in [7, 11) is 0. The summed E-state index contributed by atoms with van der Waals surface area (Å²) in [6, 6.07) is 37.7. The third-order valence-electron chi connectivity index (χ3n) is 7.97. The largest absolute Gasteiger partial charge is 0.505 e. The quantitative estimate of drug-likeness (QED) is 0.117. The van der Waals surface area contributed by atoms with Gasteiger partial charge in [-0.1, -0.05) is 119 Å². The molecule has 0 fully saturated rings. The number of hydrogen-bond donors (Lipinski definition) is 1. The highest BCUT2D eigenvalue weighted by Gasteiger charge is 2.38. The summed E-state index contributed by atoms with van der Waals surface area (Å²) < 4.78 is 0. The minimum Gasteiger partial charge on any atom is -0.505 e. The molecule has 0 bridgehead atoms. The number of nitro benzene ring substituents is 1. The fraction of sp³-hybridized carbons (Fsp3) is 0.167. The van der Waals surface area contributed by atoms with Gasteiger partial charge < -0.3 is 5.11 Å². The molecule has 210 valence electrons. The Kier molecular flexibility index (Phi) is 7.72. The van der Waals surface area contributed by atoms with Gasteiger partial charge in [-0.2, -0.15) is 5.11 Å². The van der Waals surface area contributed by atoms with E-state index < -0.39 is 10.8 Å². The number of rotatable bonds is 8. The maximum absolute atomic E-state index is 12.4. The molecule has 5 rings (SSSR count). The third-order valence-corrected chi connectivity index (χ3v) is 7.97. The Hall–Kier alpha value is -5.10. The highest BCUT2D eigenvalue weighted by Crippen LogP contribution is 2.53. The van der Waals surface area contributed by atoms with Gasteiger partial charge in [0.25, 0.3) is 5.69 Å². The maximum atomic E-state index is 12.4. The Morgan fingerprint density at radius 1 is 0.667 bits per heavy atom. The van der Waals surface area contributed by atoms with Crippen LogP contribution in [0, 0.1) is 10.1 Å². The van der Waals surface area contributed by atoms with Crippen molar-refractivity contribution in [3.63, 3.8) is 0 Å². The number of nitro groups is 1. The fourth-order valence-electron chi connectivity index (χ4n) is 5.58. The molecule has 0 aromatic heterocycles. The first-order chi connectivity index (χ1) is 20.1. The molecule has 0 spiro atoms. The smallest absolute Gasteiger partial charge is 0.277 e. The molecule has 6 nitrogen and oxygen atoms in total. The fourth-order valence-corrected chi connectivity index (χ4v) is 5.58. The van der Waals surface area contributed by atoms with Crippen molar-refractivity contribution in [3.05, 3.63) is 154 Å². The van der Waals surface area contributed by atoms with E-state index in [2.05, 4.69) is 24.1 Å². The number of azo groups is 1. The van der Waals surface area contributed by atoms with Crippen molar-refractivity contribution in [2.75, 3.05) is 0 Å². The SMILES string of the molecule is CC(C)(c1ccccc1)c1cc(N=Nc2ccccc2)c(O)c(C(C)(C)c2ccccc2)c1-c1ccccc1[N+](=O)[O-]. The van der Waals surface area contributed by atoms with E-state index in [1.807, 2.05) is 111 Å². The van der Waals surface area contributed by atoms with E-state index in [9.17, 15) is 15.2 Å². The molecule has 1 N–H and O–H groups in total. The van der Waals surface area contributed by atoms with E-state index in [1.165, 1.54) is 6.07 Å². The predicted molar refractivity (Wildman–Crippen MR) is 168 cm³/mol. The first kappa shape index (κ1) is 28.4. The Morgan fingerprint density at radius 2 is 1.17 bits per heavy atom. The standard InChI is InChI=1S/C36H33N3O3/c1-35(2,25-16-8-5-9-17-25)29-24-30(38-37-27-20-12-7-13-21-27)34(40)33(36(3,4)26-18-10-6-11-19-26)32(29)28-22-14-15-23-31(28)39(41)42/h5-24,40H,1-4H3. The molecule has 0 aliphatic carbocycles. The van der Waals surface area contributed by atoms with Gasteiger partial charge in [0, 0.05) is 28.0 Å². The zero-order chi connectivity index (χ0) is 29.9. The number of aromatic hydroxyl groups is 1. The number of para-hydroxylation sites is 1. The number of phenolic OH excluding ortho intramolecular Hbond substituents is 1. The number of nitrogens with zero attached hydrogens (tertiary/aromatic N) is 3. The molecule has 5 aromatic rings. The zero-order valence-electron chi connectivity index (χ0n) is 24.2. The van der Waals surface area contributed by atoms with Crippen LogP contribution in [0.5, 0.6) is 5.75 Å². The van der Waals surface area contributed by atoms with Gasteiger partial charge >= 0.3 is 0 Å². The average molecular weight is 556 g/mol. The molecule has 0 heterocycles. The van der Waals surface area contributed by atoms with Gasteiger partial charge in [0.1, 0.15) is 11.4 Å². The van der Waals surface area contributed by atoms with Gasteiger partial charge in [0.2, 0.25) is 0 Å². The molecular formula is C36H33N3O3. The van der Waals surface area contributed by atoms with E-state index in [0.717, 1.165) is 16.7 Å². The van der Waals surface area contributed by atoms with Crippen molar-refractivity contribution >= 4 is 17.1 Å². The van der Waals surface area contributed by atoms with E-state index in [0.29, 0.717) is 28.1 Å². The normalized spacial score (nSPS) is 12.0. The molecule has 0 unspecified atom stereocenters. The zero-order valence-corrected chi connectivity index (χ0v) is 24.2. The molecule has 6 heteroatoms. The van der Waals surface area contributed by atoms with E-state index >= 15 is 0 Å². The van der Waals surface area contributed by atoms with Crippen LogP contribution in [0.4, 0.5) is 17.1 Å². The molecule has 0 saturated heterocycles. The number of hydrogen-bond acceptors (Lipinski definition) is 5. The summed E-state index contributed by atoms with van der Waals surface area (Å²) >= 11 is 0. The van der Waals surface area contributed by atoms with Crippen LogP contribution >= 0.6 is 0 Å². The Labute approximate surface area is 246 Å². The monoisotopic (exact) mass is 555 g/mol. The third kappa shape index (κ3) is 5.31. The first-order valence-corrected chi connectivity index (χ1v) is 13.8. The van der Waals surface area contributed by atoms with Crippen molar-refractivity contribution in [2.24, 2.45) is 10.2 Å². The topological polar surface area (TPSA) is 88.1 Å². The minimum atomic E-state index is -0.774. The highest BCUT2D eigenvalue weighted by molar-refractivity contribution is 5.86. The van der Waals surface area contributed by atoms with Gasteiger partial charge in [-0.05, 0) is 41.0 Å². The first-order valence-electron chi connectivity index (χ1n) is 13.8. The lowest BCUT2D eigenvalue weighted by atomic mass is 9.68. The second kappa shape index (κ2) is 11.4. The Morgan fingerprint density at radius 3 is 1.74 bits per heavy atom. The summed E-state index contributed by atoms with van der Waals surface area (Å²) in [5.41, 5.74) is 3.84. The summed E-state index contributed by atoms with van der Waals surface area (Å²) in [5, 5.41) is 33.4. The van der Waals surface area contributed by atoms with Crippen LogP contribution in [-0.2, 0) is 10.8 Å². The highest BCUT2D eigenvalue weighted by atomic mass is 16.6. The van der Waals surface area contributed by atoms with Gasteiger partial charge in [0.05, 0.1) is 16.2 Å². The van der Waals surface area contributed by atoms with Crippen LogP contribution in [-0.4, -0.2) is 10.0 Å². The van der Waals surface area contributed by atoms with Crippen molar-refractivity contribution in [2.45, 2.75) is 38.5 Å².